The van der Waals surface area contributed by atoms with Crippen LogP contribution >= 0.6 is 0 Å². The van der Waals surface area contributed by atoms with Gasteiger partial charge in [0.05, 0.1) is 18.6 Å². The van der Waals surface area contributed by atoms with Crippen LogP contribution in [0, 0.1) is 0 Å². The average Bonchev–Trinajstić information content (AvgIpc) is 2.60. The largest absolute Gasteiger partial charge is 0.373 e. The topological polar surface area (TPSA) is 41.6 Å². The number of nitrogens with zero attached hydrogens (tertiary/aromatic N) is 1. The number of amides is 1. The van der Waals surface area contributed by atoms with Crippen molar-refractivity contribution < 1.29 is 9.53 Å². The van der Waals surface area contributed by atoms with Gasteiger partial charge in [0.2, 0.25) is 5.91 Å². The van der Waals surface area contributed by atoms with E-state index < -0.39 is 0 Å². The van der Waals surface area contributed by atoms with Gasteiger partial charge in [-0.3, -0.25) is 9.69 Å². The van der Waals surface area contributed by atoms with Crippen LogP contribution in [0.1, 0.15) is 33.3 Å². The smallest absolute Gasteiger partial charge is 0.224 e. The molecule has 1 N–H and O–H groups in total. The summed E-state index contributed by atoms with van der Waals surface area (Å²) in [6, 6.07) is 14.4. The lowest BCUT2D eigenvalue weighted by Gasteiger charge is -2.45. The standard InChI is InChI=1S/C22H30N2O2/c1-16-13-24(14-17(2)26-16)22(3,4)15-23-21(25)12-19-10-7-9-18-8-5-6-11-20(18)19/h5-11,16-17H,12-15H2,1-4H3,(H,23,25)/t16-,17+. The molecule has 4 heteroatoms. The van der Waals surface area contributed by atoms with Crippen molar-refractivity contribution in [3.63, 3.8) is 0 Å². The van der Waals surface area contributed by atoms with E-state index in [9.17, 15) is 4.79 Å². The zero-order valence-electron chi connectivity index (χ0n) is 16.3. The number of carbonyl (C=O) groups is 1. The first-order valence-corrected chi connectivity index (χ1v) is 9.49. The molecule has 2 atom stereocenters. The van der Waals surface area contributed by atoms with Crippen molar-refractivity contribution >= 4 is 16.7 Å². The highest BCUT2D eigenvalue weighted by Gasteiger charge is 2.33. The van der Waals surface area contributed by atoms with Gasteiger partial charge >= 0.3 is 0 Å². The van der Waals surface area contributed by atoms with Crippen LogP contribution in [0.25, 0.3) is 10.8 Å². The van der Waals surface area contributed by atoms with Gasteiger partial charge in [0.25, 0.3) is 0 Å². The zero-order valence-corrected chi connectivity index (χ0v) is 16.3. The molecule has 4 nitrogen and oxygen atoms in total. The molecule has 1 saturated heterocycles. The minimum absolute atomic E-state index is 0.0729. The molecule has 2 aromatic carbocycles. The van der Waals surface area contributed by atoms with Gasteiger partial charge in [0.1, 0.15) is 0 Å². The molecule has 0 aromatic heterocycles. The monoisotopic (exact) mass is 354 g/mol. The normalized spacial score (nSPS) is 21.7. The highest BCUT2D eigenvalue weighted by Crippen LogP contribution is 2.21. The third kappa shape index (κ3) is 4.43. The van der Waals surface area contributed by atoms with E-state index in [1.807, 2.05) is 24.3 Å². The van der Waals surface area contributed by atoms with Crippen LogP contribution in [0.4, 0.5) is 0 Å². The predicted octanol–water partition coefficient (Wildman–Crippen LogP) is 3.39. The Morgan fingerprint density at radius 2 is 1.77 bits per heavy atom. The predicted molar refractivity (Wildman–Crippen MR) is 106 cm³/mol. The molecule has 1 aliphatic rings. The molecule has 1 heterocycles. The van der Waals surface area contributed by atoms with Crippen LogP contribution in [0.5, 0.6) is 0 Å². The molecule has 0 saturated carbocycles. The summed E-state index contributed by atoms with van der Waals surface area (Å²) in [6.07, 6.45) is 0.863. The maximum Gasteiger partial charge on any atom is 0.224 e. The molecule has 1 amide bonds. The fraction of sp³-hybridized carbons (Fsp3) is 0.500. The summed E-state index contributed by atoms with van der Waals surface area (Å²) in [5, 5.41) is 5.47. The van der Waals surface area contributed by atoms with Crippen LogP contribution in [0.3, 0.4) is 0 Å². The summed E-state index contributed by atoms with van der Waals surface area (Å²) >= 11 is 0. The summed E-state index contributed by atoms with van der Waals surface area (Å²) in [6.45, 7) is 11.0. The maximum absolute atomic E-state index is 12.6. The first kappa shape index (κ1) is 18.9. The van der Waals surface area contributed by atoms with Crippen LogP contribution < -0.4 is 5.32 Å². The van der Waals surface area contributed by atoms with E-state index in [2.05, 4.69) is 56.1 Å². The van der Waals surface area contributed by atoms with Gasteiger partial charge in [-0.15, -0.1) is 0 Å². The van der Waals surface area contributed by atoms with E-state index in [0.29, 0.717) is 13.0 Å². The Balaban J connectivity index is 1.61. The first-order chi connectivity index (χ1) is 12.3. The van der Waals surface area contributed by atoms with Gasteiger partial charge in [0.15, 0.2) is 0 Å². The number of fused-ring (bicyclic) bond motifs is 1. The van der Waals surface area contributed by atoms with E-state index in [4.69, 9.17) is 4.74 Å². The molecule has 0 aliphatic carbocycles. The fourth-order valence-electron chi connectivity index (χ4n) is 3.78. The molecule has 140 valence electrons. The number of nitrogens with one attached hydrogen (secondary N) is 1. The lowest BCUT2D eigenvalue weighted by atomic mass is 9.99. The molecule has 3 rings (SSSR count). The van der Waals surface area contributed by atoms with E-state index in [1.54, 1.807) is 0 Å². The van der Waals surface area contributed by atoms with Crippen molar-refractivity contribution in [2.75, 3.05) is 19.6 Å². The number of benzene rings is 2. The molecule has 0 spiro atoms. The third-order valence-electron chi connectivity index (χ3n) is 5.22. The van der Waals surface area contributed by atoms with Gasteiger partial charge in [-0.05, 0) is 44.0 Å². The molecule has 1 aliphatic heterocycles. The maximum atomic E-state index is 12.6. The Kier molecular flexibility index (Phi) is 5.64. The van der Waals surface area contributed by atoms with Crippen molar-refractivity contribution in [3.05, 3.63) is 48.0 Å². The SMILES string of the molecule is C[C@@H]1CN(C(C)(C)CNC(=O)Cc2cccc3ccccc23)C[C@H](C)O1. The van der Waals surface area contributed by atoms with E-state index in [0.717, 1.165) is 24.0 Å². The van der Waals surface area contributed by atoms with E-state index >= 15 is 0 Å². The summed E-state index contributed by atoms with van der Waals surface area (Å²) in [5.41, 5.74) is 0.979. The van der Waals surface area contributed by atoms with Gasteiger partial charge < -0.3 is 10.1 Å². The second-order valence-electron chi connectivity index (χ2n) is 8.07. The van der Waals surface area contributed by atoms with E-state index in [-0.39, 0.29) is 23.7 Å². The number of hydrogen-bond donors (Lipinski definition) is 1. The number of ether oxygens (including phenoxy) is 1. The second-order valence-corrected chi connectivity index (χ2v) is 8.07. The lowest BCUT2D eigenvalue weighted by molar-refractivity contribution is -0.122. The molecule has 0 radical (unpaired) electrons. The first-order valence-electron chi connectivity index (χ1n) is 9.49. The van der Waals surface area contributed by atoms with Gasteiger partial charge in [-0.2, -0.15) is 0 Å². The Morgan fingerprint density at radius 1 is 1.12 bits per heavy atom. The molecule has 1 fully saturated rings. The van der Waals surface area contributed by atoms with Gasteiger partial charge in [0, 0.05) is 25.2 Å². The van der Waals surface area contributed by atoms with Crippen LogP contribution in [-0.2, 0) is 16.0 Å². The quantitative estimate of drug-likeness (QED) is 0.895. The zero-order chi connectivity index (χ0) is 18.7. The average molecular weight is 354 g/mol. The summed E-state index contributed by atoms with van der Waals surface area (Å²) in [4.78, 5) is 15.0. The van der Waals surface area contributed by atoms with Crippen LogP contribution in [-0.4, -0.2) is 48.2 Å². The van der Waals surface area contributed by atoms with Crippen molar-refractivity contribution in [3.8, 4) is 0 Å². The second kappa shape index (κ2) is 7.77. The van der Waals surface area contributed by atoms with Gasteiger partial charge in [-0.25, -0.2) is 0 Å². The van der Waals surface area contributed by atoms with Crippen LogP contribution in [0.15, 0.2) is 42.5 Å². The van der Waals surface area contributed by atoms with Crippen molar-refractivity contribution in [1.82, 2.24) is 10.2 Å². The lowest BCUT2D eigenvalue weighted by Crippen LogP contribution is -2.58. The summed E-state index contributed by atoms with van der Waals surface area (Å²) in [7, 11) is 0. The Labute approximate surface area is 156 Å². The van der Waals surface area contributed by atoms with Gasteiger partial charge in [-0.1, -0.05) is 42.5 Å². The minimum Gasteiger partial charge on any atom is -0.373 e. The molecule has 0 bridgehead atoms. The molecule has 26 heavy (non-hydrogen) atoms. The van der Waals surface area contributed by atoms with Crippen LogP contribution in [0.2, 0.25) is 0 Å². The minimum atomic E-state index is -0.0965. The van der Waals surface area contributed by atoms with Crippen molar-refractivity contribution in [2.45, 2.75) is 51.9 Å². The number of morpholine rings is 1. The Hall–Kier alpha value is -1.91. The summed E-state index contributed by atoms with van der Waals surface area (Å²) < 4.78 is 5.83. The molecule has 2 aromatic rings. The highest BCUT2D eigenvalue weighted by atomic mass is 16.5. The summed E-state index contributed by atoms with van der Waals surface area (Å²) in [5.74, 6) is 0.0729. The molecule has 0 unspecified atom stereocenters. The van der Waals surface area contributed by atoms with E-state index in [1.165, 1.54) is 5.39 Å². The number of rotatable bonds is 5. The number of hydrogen-bond acceptors (Lipinski definition) is 3. The molecular formula is C22H30N2O2. The van der Waals surface area contributed by atoms with Crippen molar-refractivity contribution in [2.24, 2.45) is 0 Å². The molecular weight excluding hydrogens is 324 g/mol. The Morgan fingerprint density at radius 3 is 2.50 bits per heavy atom. The van der Waals surface area contributed by atoms with Crippen molar-refractivity contribution in [1.29, 1.82) is 0 Å². The number of carbonyl (C=O) groups excluding carboxylic acids is 1. The fourth-order valence-corrected chi connectivity index (χ4v) is 3.78. The Bertz CT molecular complexity index is 756. The highest BCUT2D eigenvalue weighted by molar-refractivity contribution is 5.90. The third-order valence-corrected chi connectivity index (χ3v) is 5.22.